The van der Waals surface area contributed by atoms with Gasteiger partial charge in [-0.3, -0.25) is 0 Å². The summed E-state index contributed by atoms with van der Waals surface area (Å²) in [5.74, 6) is 0.670. The number of benzene rings is 4. The fourth-order valence-corrected chi connectivity index (χ4v) is 9.30. The molecule has 0 N–H and O–H groups in total. The summed E-state index contributed by atoms with van der Waals surface area (Å²) in [4.78, 5) is 10.2. The van der Waals surface area contributed by atoms with Crippen LogP contribution >= 0.6 is 0 Å². The number of allylic oxidation sites excluding steroid dienone is 14. The summed E-state index contributed by atoms with van der Waals surface area (Å²) in [5, 5.41) is 13.3. The van der Waals surface area contributed by atoms with Crippen molar-refractivity contribution in [2.24, 2.45) is 0 Å². The van der Waals surface area contributed by atoms with Crippen LogP contribution in [-0.2, 0) is 12.8 Å². The number of aromatic nitrogens is 4. The van der Waals surface area contributed by atoms with E-state index in [9.17, 15) is 5.26 Å². The highest BCUT2D eigenvalue weighted by molar-refractivity contribution is 5.97. The zero-order chi connectivity index (χ0) is 38.6. The van der Waals surface area contributed by atoms with Gasteiger partial charge in [-0.05, 0) is 139 Å². The lowest BCUT2D eigenvalue weighted by Crippen LogP contribution is -2.09. The molecule has 1 unspecified atom stereocenters. The monoisotopic (exact) mass is 745 g/mol. The zero-order valence-electron chi connectivity index (χ0n) is 32.0. The third kappa shape index (κ3) is 5.68. The van der Waals surface area contributed by atoms with E-state index in [-0.39, 0.29) is 0 Å². The molecule has 276 valence electrons. The van der Waals surface area contributed by atoms with Crippen LogP contribution in [0, 0.1) is 11.3 Å². The summed E-state index contributed by atoms with van der Waals surface area (Å²) in [6, 6.07) is 33.5. The van der Waals surface area contributed by atoms with Crippen molar-refractivity contribution in [3.63, 3.8) is 0 Å². The lowest BCUT2D eigenvalue weighted by atomic mass is 9.96. The van der Waals surface area contributed by atoms with Crippen LogP contribution in [-0.4, -0.2) is 19.1 Å². The summed E-state index contributed by atoms with van der Waals surface area (Å²) in [5.41, 5.74) is 15.8. The summed E-state index contributed by atoms with van der Waals surface area (Å²) in [6.45, 7) is 0. The molecule has 58 heavy (non-hydrogen) atoms. The number of para-hydroxylation sites is 1. The van der Waals surface area contributed by atoms with Crippen molar-refractivity contribution < 1.29 is 0 Å². The molecule has 0 spiro atoms. The smallest absolute Gasteiger partial charge is 0.160 e. The summed E-state index contributed by atoms with van der Waals surface area (Å²) >= 11 is 0. The van der Waals surface area contributed by atoms with Crippen LogP contribution in [0.1, 0.15) is 53.5 Å². The average Bonchev–Trinajstić information content (AvgIpc) is 3.48. The van der Waals surface area contributed by atoms with Crippen LogP contribution in [0.2, 0.25) is 0 Å². The van der Waals surface area contributed by atoms with E-state index in [0.717, 1.165) is 59.1 Å². The molecule has 1 atom stereocenters. The van der Waals surface area contributed by atoms with E-state index >= 15 is 0 Å². The van der Waals surface area contributed by atoms with E-state index in [4.69, 9.17) is 9.97 Å². The first-order chi connectivity index (χ1) is 28.7. The standard InChI is InChI=1S/C53H39N5/c54-34-35-13-7-8-14-39(31-35)52-44-19-9-11-20-47(44)55-53(56-52)36-23-27-41(28-24-36)58-49-22-12-10-18-43(49)46-33-38(26-30-51(46)58)37-25-29-50-45(32-37)42-17-5-2-6-21-48(42)57(50)40-15-3-1-4-16-40/h1-9,11-13,15,19-33,40H,10,14,16-18H2. The predicted octanol–water partition coefficient (Wildman–Crippen LogP) is 12.8. The fraction of sp³-hybridized carbons (Fsp3) is 0.113. The van der Waals surface area contributed by atoms with Gasteiger partial charge in [0.1, 0.15) is 0 Å². The van der Waals surface area contributed by atoms with Crippen molar-refractivity contribution in [3.8, 4) is 34.3 Å². The summed E-state index contributed by atoms with van der Waals surface area (Å²) in [6.07, 6.45) is 34.9. The second kappa shape index (κ2) is 14.0. The van der Waals surface area contributed by atoms with Crippen molar-refractivity contribution in [2.75, 3.05) is 0 Å². The maximum absolute atomic E-state index is 9.71. The van der Waals surface area contributed by atoms with E-state index in [1.165, 1.54) is 55.4 Å². The van der Waals surface area contributed by atoms with Crippen molar-refractivity contribution in [2.45, 2.75) is 38.1 Å². The van der Waals surface area contributed by atoms with Crippen molar-refractivity contribution in [1.29, 1.82) is 5.26 Å². The SMILES string of the molecule is N#CC1=CC=CCC(c2nc(-c3ccc(-n4c5c(c6cc(-c7ccc8c(c7)c7c(n8C8C=CC=CC8)C=CC=CC7)ccc64)CCC=C5)cc3)nc3ccccc23)=C1. The molecule has 0 saturated heterocycles. The minimum Gasteiger partial charge on any atom is -0.333 e. The van der Waals surface area contributed by atoms with Gasteiger partial charge in [0.05, 0.1) is 34.4 Å². The highest BCUT2D eigenvalue weighted by Crippen LogP contribution is 2.40. The van der Waals surface area contributed by atoms with Gasteiger partial charge in [-0.2, -0.15) is 5.26 Å². The molecule has 0 saturated carbocycles. The van der Waals surface area contributed by atoms with Gasteiger partial charge >= 0.3 is 0 Å². The normalized spacial score (nSPS) is 16.9. The van der Waals surface area contributed by atoms with Crippen molar-refractivity contribution in [1.82, 2.24) is 19.1 Å². The maximum atomic E-state index is 9.71. The van der Waals surface area contributed by atoms with Gasteiger partial charge in [-0.1, -0.05) is 91.1 Å². The maximum Gasteiger partial charge on any atom is 0.160 e. The molecule has 0 radical (unpaired) electrons. The highest BCUT2D eigenvalue weighted by atomic mass is 15.0. The Morgan fingerprint density at radius 1 is 0.655 bits per heavy atom. The van der Waals surface area contributed by atoms with Gasteiger partial charge in [0.2, 0.25) is 0 Å². The van der Waals surface area contributed by atoms with Gasteiger partial charge in [0, 0.05) is 44.3 Å². The third-order valence-corrected chi connectivity index (χ3v) is 12.0. The Morgan fingerprint density at radius 2 is 1.45 bits per heavy atom. The second-order valence-corrected chi connectivity index (χ2v) is 15.4. The van der Waals surface area contributed by atoms with Crippen LogP contribution < -0.4 is 0 Å². The Kier molecular flexibility index (Phi) is 8.22. The number of fused-ring (bicyclic) bond motifs is 7. The minimum atomic E-state index is 0.310. The molecule has 0 amide bonds. The molecule has 5 heteroatoms. The summed E-state index contributed by atoms with van der Waals surface area (Å²) in [7, 11) is 0. The molecule has 0 fully saturated rings. The first kappa shape index (κ1) is 34.0. The van der Waals surface area contributed by atoms with Crippen LogP contribution in [0.3, 0.4) is 0 Å². The lowest BCUT2D eigenvalue weighted by Gasteiger charge is -2.19. The highest BCUT2D eigenvalue weighted by Gasteiger charge is 2.23. The van der Waals surface area contributed by atoms with E-state index < -0.39 is 0 Å². The molecule has 3 aromatic heterocycles. The predicted molar refractivity (Wildman–Crippen MR) is 239 cm³/mol. The summed E-state index contributed by atoms with van der Waals surface area (Å²) < 4.78 is 4.95. The molecule has 7 aromatic rings. The first-order valence-electron chi connectivity index (χ1n) is 20.2. The van der Waals surface area contributed by atoms with E-state index in [2.05, 4.69) is 149 Å². The van der Waals surface area contributed by atoms with Crippen molar-refractivity contribution >= 4 is 50.4 Å². The van der Waals surface area contributed by atoms with Crippen LogP contribution in [0.25, 0.3) is 78.6 Å². The number of aryl methyl sites for hydroxylation is 1. The molecule has 4 aliphatic carbocycles. The van der Waals surface area contributed by atoms with E-state index in [0.29, 0.717) is 23.9 Å². The molecule has 11 rings (SSSR count). The zero-order valence-corrected chi connectivity index (χ0v) is 32.0. The third-order valence-electron chi connectivity index (χ3n) is 12.0. The van der Waals surface area contributed by atoms with Crippen LogP contribution in [0.5, 0.6) is 0 Å². The molecule has 0 bridgehead atoms. The quantitative estimate of drug-likeness (QED) is 0.176. The number of rotatable bonds is 5. The molecule has 4 aromatic carbocycles. The molecular formula is C53H39N5. The Morgan fingerprint density at radius 3 is 2.29 bits per heavy atom. The van der Waals surface area contributed by atoms with Gasteiger partial charge in [-0.15, -0.1) is 0 Å². The minimum absolute atomic E-state index is 0.310. The number of hydrogen-bond acceptors (Lipinski definition) is 3. The van der Waals surface area contributed by atoms with Gasteiger partial charge in [-0.25, -0.2) is 9.97 Å². The Labute approximate surface area is 337 Å². The van der Waals surface area contributed by atoms with Gasteiger partial charge < -0.3 is 9.13 Å². The molecule has 0 aliphatic heterocycles. The number of hydrogen-bond donors (Lipinski definition) is 0. The van der Waals surface area contributed by atoms with Crippen LogP contribution in [0.15, 0.2) is 163 Å². The molecule has 4 aliphatic rings. The van der Waals surface area contributed by atoms with E-state index in [1.807, 2.05) is 36.4 Å². The molecular weight excluding hydrogens is 707 g/mol. The van der Waals surface area contributed by atoms with Crippen molar-refractivity contribution in [3.05, 3.63) is 192 Å². The van der Waals surface area contributed by atoms with E-state index in [1.54, 1.807) is 0 Å². The largest absolute Gasteiger partial charge is 0.333 e. The number of nitrogens with zero attached hydrogens (tertiary/aromatic N) is 5. The first-order valence-corrected chi connectivity index (χ1v) is 20.2. The topological polar surface area (TPSA) is 59.4 Å². The average molecular weight is 746 g/mol. The lowest BCUT2D eigenvalue weighted by molar-refractivity contribution is 0.623. The second-order valence-electron chi connectivity index (χ2n) is 15.4. The Bertz CT molecular complexity index is 3140. The Hall–Kier alpha value is -7.29. The number of nitriles is 1. The molecule has 5 nitrogen and oxygen atoms in total. The van der Waals surface area contributed by atoms with Crippen LogP contribution in [0.4, 0.5) is 0 Å². The van der Waals surface area contributed by atoms with Gasteiger partial charge in [0.25, 0.3) is 0 Å². The molecule has 3 heterocycles. The Balaban J connectivity index is 0.987. The fourth-order valence-electron chi connectivity index (χ4n) is 9.30. The van der Waals surface area contributed by atoms with Gasteiger partial charge in [0.15, 0.2) is 5.82 Å².